The number of rotatable bonds is 7. The highest BCUT2D eigenvalue weighted by molar-refractivity contribution is 7.92. The van der Waals surface area contributed by atoms with Crippen molar-refractivity contribution >= 4 is 33.5 Å². The molecule has 2 heterocycles. The molecule has 0 unspecified atom stereocenters. The fourth-order valence-corrected chi connectivity index (χ4v) is 5.29. The van der Waals surface area contributed by atoms with Crippen LogP contribution in [-0.2, 0) is 19.6 Å². The van der Waals surface area contributed by atoms with Gasteiger partial charge in [-0.3, -0.25) is 14.3 Å². The van der Waals surface area contributed by atoms with Crippen molar-refractivity contribution in [2.75, 3.05) is 37.5 Å². The Bertz CT molecular complexity index is 1390. The maximum absolute atomic E-state index is 12.8. The maximum Gasteiger partial charge on any atom is 0.338 e. The SMILES string of the molecule is Cc1ccc(C)c(S(=O)(=O)Nc2ccc(C(=O)OCC(=O)N3CCN(C(=O)c4ccco4)CC3)cc2)c1. The van der Waals surface area contributed by atoms with Gasteiger partial charge in [0.15, 0.2) is 12.4 Å². The van der Waals surface area contributed by atoms with E-state index in [9.17, 15) is 22.8 Å². The Kier molecular flexibility index (Phi) is 7.63. The number of carbonyl (C=O) groups is 3. The van der Waals surface area contributed by atoms with Gasteiger partial charge in [0.2, 0.25) is 0 Å². The largest absolute Gasteiger partial charge is 0.459 e. The predicted molar refractivity (Wildman–Crippen MR) is 135 cm³/mol. The van der Waals surface area contributed by atoms with Crippen molar-refractivity contribution in [3.63, 3.8) is 0 Å². The molecule has 11 heteroatoms. The summed E-state index contributed by atoms with van der Waals surface area (Å²) >= 11 is 0. The quantitative estimate of drug-likeness (QED) is 0.470. The molecule has 194 valence electrons. The van der Waals surface area contributed by atoms with E-state index in [1.165, 1.54) is 35.4 Å². The molecule has 4 rings (SSSR count). The molecular formula is C26H27N3O7S. The first-order valence-corrected chi connectivity index (χ1v) is 13.1. The molecule has 0 spiro atoms. The normalized spacial score (nSPS) is 13.8. The van der Waals surface area contributed by atoms with Crippen LogP contribution in [0, 0.1) is 13.8 Å². The number of ether oxygens (including phenoxy) is 1. The topological polar surface area (TPSA) is 126 Å². The van der Waals surface area contributed by atoms with Crippen LogP contribution in [-0.4, -0.2) is 68.8 Å². The first-order chi connectivity index (χ1) is 17.6. The third-order valence-electron chi connectivity index (χ3n) is 5.98. The summed E-state index contributed by atoms with van der Waals surface area (Å²) in [4.78, 5) is 40.5. The smallest absolute Gasteiger partial charge is 0.338 e. The van der Waals surface area contributed by atoms with Crippen LogP contribution in [0.5, 0.6) is 0 Å². The number of hydrogen-bond acceptors (Lipinski definition) is 7. The minimum absolute atomic E-state index is 0.177. The maximum atomic E-state index is 12.8. The zero-order chi connectivity index (χ0) is 26.6. The highest BCUT2D eigenvalue weighted by Gasteiger charge is 2.26. The summed E-state index contributed by atoms with van der Waals surface area (Å²) in [6, 6.07) is 14.2. The molecule has 1 aliphatic rings. The first-order valence-electron chi connectivity index (χ1n) is 11.6. The second-order valence-electron chi connectivity index (χ2n) is 8.68. The van der Waals surface area contributed by atoms with Gasteiger partial charge in [0.25, 0.3) is 21.8 Å². The summed E-state index contributed by atoms with van der Waals surface area (Å²) in [7, 11) is -3.80. The van der Waals surface area contributed by atoms with E-state index in [2.05, 4.69) is 4.72 Å². The Balaban J connectivity index is 1.27. The van der Waals surface area contributed by atoms with E-state index >= 15 is 0 Å². The van der Waals surface area contributed by atoms with Gasteiger partial charge >= 0.3 is 5.97 Å². The Hall–Kier alpha value is -4.12. The number of nitrogens with zero attached hydrogens (tertiary/aromatic N) is 2. The Morgan fingerprint density at radius 3 is 2.27 bits per heavy atom. The highest BCUT2D eigenvalue weighted by Crippen LogP contribution is 2.21. The molecule has 0 atom stereocenters. The van der Waals surface area contributed by atoms with Crippen molar-refractivity contribution in [3.8, 4) is 0 Å². The summed E-state index contributed by atoms with van der Waals surface area (Å²) in [6.45, 7) is 4.42. The summed E-state index contributed by atoms with van der Waals surface area (Å²) in [5.41, 5.74) is 1.91. The zero-order valence-electron chi connectivity index (χ0n) is 20.5. The van der Waals surface area contributed by atoms with E-state index < -0.39 is 22.6 Å². The standard InChI is InChI=1S/C26H27N3O7S/c1-18-5-6-19(2)23(16-18)37(33,34)27-21-9-7-20(8-10-21)26(32)36-17-24(30)28-11-13-29(14-12-28)25(31)22-4-3-15-35-22/h3-10,15-16,27H,11-14,17H2,1-2H3. The second kappa shape index (κ2) is 10.9. The third kappa shape index (κ3) is 6.18. The van der Waals surface area contributed by atoms with Gasteiger partial charge < -0.3 is 19.0 Å². The molecule has 0 radical (unpaired) electrons. The Morgan fingerprint density at radius 1 is 0.946 bits per heavy atom. The van der Waals surface area contributed by atoms with E-state index in [4.69, 9.17) is 9.15 Å². The summed E-state index contributed by atoms with van der Waals surface area (Å²) in [6.07, 6.45) is 1.43. The number of carbonyl (C=O) groups excluding carboxylic acids is 3. The van der Waals surface area contributed by atoms with E-state index in [1.54, 1.807) is 36.1 Å². The van der Waals surface area contributed by atoms with Gasteiger partial charge in [-0.25, -0.2) is 13.2 Å². The minimum atomic E-state index is -3.80. The van der Waals surface area contributed by atoms with Crippen molar-refractivity contribution in [3.05, 3.63) is 83.3 Å². The van der Waals surface area contributed by atoms with Gasteiger partial charge in [0.05, 0.1) is 16.7 Å². The number of piperazine rings is 1. The molecule has 2 amide bonds. The van der Waals surface area contributed by atoms with Gasteiger partial charge in [-0.1, -0.05) is 12.1 Å². The molecular weight excluding hydrogens is 498 g/mol. The van der Waals surface area contributed by atoms with Crippen molar-refractivity contribution in [2.24, 2.45) is 0 Å². The lowest BCUT2D eigenvalue weighted by atomic mass is 10.2. The lowest BCUT2D eigenvalue weighted by Gasteiger charge is -2.34. The Labute approximate surface area is 214 Å². The zero-order valence-corrected chi connectivity index (χ0v) is 21.3. The highest BCUT2D eigenvalue weighted by atomic mass is 32.2. The van der Waals surface area contributed by atoms with Crippen molar-refractivity contribution in [1.29, 1.82) is 0 Å². The average Bonchev–Trinajstić information content (AvgIpc) is 3.43. The molecule has 3 aromatic rings. The van der Waals surface area contributed by atoms with Crippen LogP contribution in [0.25, 0.3) is 0 Å². The van der Waals surface area contributed by atoms with Gasteiger partial charge in [0, 0.05) is 31.9 Å². The molecule has 2 aromatic carbocycles. The minimum Gasteiger partial charge on any atom is -0.459 e. The van der Waals surface area contributed by atoms with Crippen molar-refractivity contribution in [1.82, 2.24) is 9.80 Å². The van der Waals surface area contributed by atoms with E-state index in [-0.39, 0.29) is 33.7 Å². The molecule has 1 fully saturated rings. The number of esters is 1. The number of amides is 2. The fourth-order valence-electron chi connectivity index (χ4n) is 3.90. The Morgan fingerprint density at radius 2 is 1.62 bits per heavy atom. The van der Waals surface area contributed by atoms with Gasteiger partial charge in [-0.2, -0.15) is 0 Å². The summed E-state index contributed by atoms with van der Waals surface area (Å²) < 4.78 is 38.3. The predicted octanol–water partition coefficient (Wildman–Crippen LogP) is 2.84. The van der Waals surface area contributed by atoms with E-state index in [0.717, 1.165) is 5.56 Å². The number of hydrogen-bond donors (Lipinski definition) is 1. The van der Waals surface area contributed by atoms with E-state index in [1.807, 2.05) is 13.0 Å². The third-order valence-corrected chi connectivity index (χ3v) is 7.51. The van der Waals surface area contributed by atoms with Crippen molar-refractivity contribution < 1.29 is 32.0 Å². The lowest BCUT2D eigenvalue weighted by Crippen LogP contribution is -2.51. The van der Waals surface area contributed by atoms with Crippen LogP contribution in [0.15, 0.2) is 70.2 Å². The molecule has 1 saturated heterocycles. The summed E-state index contributed by atoms with van der Waals surface area (Å²) in [5.74, 6) is -1.05. The number of benzene rings is 2. The van der Waals surface area contributed by atoms with Crippen LogP contribution >= 0.6 is 0 Å². The van der Waals surface area contributed by atoms with Crippen LogP contribution in [0.3, 0.4) is 0 Å². The molecule has 1 aromatic heterocycles. The van der Waals surface area contributed by atoms with Gasteiger partial charge in [-0.05, 0) is 67.4 Å². The first kappa shape index (κ1) is 26.0. The summed E-state index contributed by atoms with van der Waals surface area (Å²) in [5, 5.41) is 0. The molecule has 10 nitrogen and oxygen atoms in total. The van der Waals surface area contributed by atoms with Crippen LogP contribution < -0.4 is 4.72 Å². The lowest BCUT2D eigenvalue weighted by molar-refractivity contribution is -0.136. The van der Waals surface area contributed by atoms with E-state index in [0.29, 0.717) is 31.7 Å². The number of sulfonamides is 1. The monoisotopic (exact) mass is 525 g/mol. The molecule has 0 aliphatic carbocycles. The number of furan rings is 1. The van der Waals surface area contributed by atoms with Crippen LogP contribution in [0.4, 0.5) is 5.69 Å². The molecule has 1 N–H and O–H groups in total. The molecule has 37 heavy (non-hydrogen) atoms. The van der Waals surface area contributed by atoms with Crippen LogP contribution in [0.2, 0.25) is 0 Å². The van der Waals surface area contributed by atoms with Gasteiger partial charge in [0.1, 0.15) is 0 Å². The van der Waals surface area contributed by atoms with Gasteiger partial charge in [-0.15, -0.1) is 0 Å². The number of nitrogens with one attached hydrogen (secondary N) is 1. The number of anilines is 1. The second-order valence-corrected chi connectivity index (χ2v) is 10.3. The number of aryl methyl sites for hydroxylation is 2. The molecule has 0 saturated carbocycles. The molecule has 1 aliphatic heterocycles. The van der Waals surface area contributed by atoms with Crippen LogP contribution in [0.1, 0.15) is 32.0 Å². The fraction of sp³-hybridized carbons (Fsp3) is 0.269. The van der Waals surface area contributed by atoms with Crippen molar-refractivity contribution in [2.45, 2.75) is 18.7 Å². The average molecular weight is 526 g/mol. The molecule has 0 bridgehead atoms.